The highest BCUT2D eigenvalue weighted by Crippen LogP contribution is 2.33. The topological polar surface area (TPSA) is 101 Å². The van der Waals surface area contributed by atoms with Gasteiger partial charge in [0.05, 0.1) is 6.20 Å². The smallest absolute Gasteiger partial charge is 0.244 e. The number of benzene rings is 1. The van der Waals surface area contributed by atoms with E-state index in [0.29, 0.717) is 5.69 Å². The van der Waals surface area contributed by atoms with Crippen LogP contribution in [-0.4, -0.2) is 18.6 Å². The Balaban J connectivity index is 1.88. The van der Waals surface area contributed by atoms with Crippen LogP contribution in [0.15, 0.2) is 35.5 Å². The Morgan fingerprint density at radius 1 is 1.42 bits per heavy atom. The number of aromatic amines is 1. The van der Waals surface area contributed by atoms with Crippen LogP contribution in [0.1, 0.15) is 23.6 Å². The number of aryl methyl sites for hydroxylation is 1. The molecule has 1 aromatic carbocycles. The average Bonchev–Trinajstić information content (AvgIpc) is 2.98. The van der Waals surface area contributed by atoms with Gasteiger partial charge in [0.25, 0.3) is 0 Å². The predicted molar refractivity (Wildman–Crippen MR) is 70.8 cm³/mol. The average molecular weight is 278 g/mol. The van der Waals surface area contributed by atoms with Crippen molar-refractivity contribution < 1.29 is 8.42 Å². The van der Waals surface area contributed by atoms with Gasteiger partial charge in [-0.05, 0) is 36.1 Å². The molecule has 0 saturated carbocycles. The minimum absolute atomic E-state index is 0.149. The zero-order chi connectivity index (χ0) is 13.5. The molecule has 1 atom stereocenters. The summed E-state index contributed by atoms with van der Waals surface area (Å²) in [4.78, 5) is 0.149. The second kappa shape index (κ2) is 4.36. The highest BCUT2D eigenvalue weighted by molar-refractivity contribution is 7.89. The summed E-state index contributed by atoms with van der Waals surface area (Å²) in [6.45, 7) is 0. The van der Waals surface area contributed by atoms with Crippen molar-refractivity contribution in [3.05, 3.63) is 41.7 Å². The van der Waals surface area contributed by atoms with E-state index in [1.165, 1.54) is 12.4 Å². The van der Waals surface area contributed by atoms with Crippen molar-refractivity contribution in [1.29, 1.82) is 0 Å². The fourth-order valence-electron chi connectivity index (χ4n) is 2.40. The van der Waals surface area contributed by atoms with Crippen LogP contribution in [0.3, 0.4) is 0 Å². The molecule has 4 N–H and O–H groups in total. The molecule has 0 aliphatic heterocycles. The van der Waals surface area contributed by atoms with Crippen LogP contribution >= 0.6 is 0 Å². The minimum atomic E-state index is -3.53. The SMILES string of the molecule is Nc1ccc2c(c1)CCC2NS(=O)(=O)c1cn[nH]c1. The van der Waals surface area contributed by atoms with Crippen molar-refractivity contribution in [2.75, 3.05) is 5.73 Å². The van der Waals surface area contributed by atoms with Gasteiger partial charge < -0.3 is 5.73 Å². The molecular formula is C12H14N4O2S. The second-order valence-electron chi connectivity index (χ2n) is 4.60. The Hall–Kier alpha value is -1.86. The second-order valence-corrected chi connectivity index (χ2v) is 6.32. The third-order valence-corrected chi connectivity index (χ3v) is 4.76. The molecule has 0 saturated heterocycles. The summed E-state index contributed by atoms with van der Waals surface area (Å²) in [5, 5.41) is 6.16. The van der Waals surface area contributed by atoms with Crippen molar-refractivity contribution in [3.63, 3.8) is 0 Å². The van der Waals surface area contributed by atoms with Crippen molar-refractivity contribution in [1.82, 2.24) is 14.9 Å². The van der Waals surface area contributed by atoms with Gasteiger partial charge in [0, 0.05) is 17.9 Å². The van der Waals surface area contributed by atoms with E-state index in [4.69, 9.17) is 5.73 Å². The first-order chi connectivity index (χ1) is 9.06. The third-order valence-electron chi connectivity index (χ3n) is 3.33. The van der Waals surface area contributed by atoms with E-state index in [0.717, 1.165) is 24.0 Å². The molecule has 0 amide bonds. The van der Waals surface area contributed by atoms with E-state index in [1.807, 2.05) is 12.1 Å². The van der Waals surface area contributed by atoms with Crippen molar-refractivity contribution in [3.8, 4) is 0 Å². The van der Waals surface area contributed by atoms with Crippen LogP contribution in [0.2, 0.25) is 0 Å². The van der Waals surface area contributed by atoms with Gasteiger partial charge in [0.2, 0.25) is 10.0 Å². The lowest BCUT2D eigenvalue weighted by Crippen LogP contribution is -2.27. The van der Waals surface area contributed by atoms with Gasteiger partial charge in [0.15, 0.2) is 0 Å². The molecule has 100 valence electrons. The summed E-state index contributed by atoms with van der Waals surface area (Å²) in [5.74, 6) is 0. The van der Waals surface area contributed by atoms with E-state index in [-0.39, 0.29) is 10.9 Å². The number of nitrogens with zero attached hydrogens (tertiary/aromatic N) is 1. The van der Waals surface area contributed by atoms with Crippen LogP contribution in [0, 0.1) is 0 Å². The number of hydrogen-bond acceptors (Lipinski definition) is 4. The molecule has 0 fully saturated rings. The molecule has 0 bridgehead atoms. The highest BCUT2D eigenvalue weighted by atomic mass is 32.2. The molecule has 1 aliphatic rings. The molecule has 7 heteroatoms. The normalized spacial score (nSPS) is 18.4. The number of nitrogen functional groups attached to an aromatic ring is 1. The fourth-order valence-corrected chi connectivity index (χ4v) is 3.56. The number of nitrogens with one attached hydrogen (secondary N) is 2. The van der Waals surface area contributed by atoms with Gasteiger partial charge in [-0.15, -0.1) is 0 Å². The molecule has 19 heavy (non-hydrogen) atoms. The molecule has 1 aromatic heterocycles. The Kier molecular flexibility index (Phi) is 2.79. The maximum Gasteiger partial charge on any atom is 0.244 e. The number of sulfonamides is 1. The minimum Gasteiger partial charge on any atom is -0.399 e. The largest absolute Gasteiger partial charge is 0.399 e. The van der Waals surface area contributed by atoms with E-state index in [2.05, 4.69) is 14.9 Å². The van der Waals surface area contributed by atoms with Crippen LogP contribution in [0.5, 0.6) is 0 Å². The number of aromatic nitrogens is 2. The summed E-state index contributed by atoms with van der Waals surface area (Å²) < 4.78 is 27.0. The summed E-state index contributed by atoms with van der Waals surface area (Å²) in [6.07, 6.45) is 4.23. The number of H-pyrrole nitrogens is 1. The molecule has 6 nitrogen and oxygen atoms in total. The Morgan fingerprint density at radius 3 is 3.00 bits per heavy atom. The lowest BCUT2D eigenvalue weighted by molar-refractivity contribution is 0.554. The first kappa shape index (κ1) is 12.2. The van der Waals surface area contributed by atoms with Gasteiger partial charge in [-0.25, -0.2) is 13.1 Å². The molecule has 3 rings (SSSR count). The number of hydrogen-bond donors (Lipinski definition) is 3. The van der Waals surface area contributed by atoms with Crippen LogP contribution in [0.4, 0.5) is 5.69 Å². The molecule has 1 unspecified atom stereocenters. The number of nitrogens with two attached hydrogens (primary N) is 1. The molecule has 1 heterocycles. The fraction of sp³-hybridized carbons (Fsp3) is 0.250. The first-order valence-electron chi connectivity index (χ1n) is 5.96. The quantitative estimate of drug-likeness (QED) is 0.728. The maximum absolute atomic E-state index is 12.1. The lowest BCUT2D eigenvalue weighted by atomic mass is 10.1. The Labute approximate surface area is 111 Å². The van der Waals surface area contributed by atoms with Gasteiger partial charge >= 0.3 is 0 Å². The molecule has 0 spiro atoms. The third kappa shape index (κ3) is 2.22. The van der Waals surface area contributed by atoms with E-state index < -0.39 is 10.0 Å². The van der Waals surface area contributed by atoms with E-state index in [1.54, 1.807) is 6.07 Å². The molecular weight excluding hydrogens is 264 g/mol. The Bertz CT molecular complexity index is 695. The van der Waals surface area contributed by atoms with Gasteiger partial charge in [-0.1, -0.05) is 6.07 Å². The molecule has 0 radical (unpaired) electrons. The summed E-state index contributed by atoms with van der Waals surface area (Å²) in [7, 11) is -3.53. The number of rotatable bonds is 3. The van der Waals surface area contributed by atoms with Gasteiger partial charge in [-0.2, -0.15) is 5.10 Å². The Morgan fingerprint density at radius 2 is 2.26 bits per heavy atom. The zero-order valence-electron chi connectivity index (χ0n) is 10.1. The lowest BCUT2D eigenvalue weighted by Gasteiger charge is -2.13. The number of fused-ring (bicyclic) bond motifs is 1. The van der Waals surface area contributed by atoms with Crippen LogP contribution < -0.4 is 10.5 Å². The summed E-state index contributed by atoms with van der Waals surface area (Å²) in [6, 6.07) is 5.39. The molecule has 2 aromatic rings. The van der Waals surface area contributed by atoms with Gasteiger partial charge in [0.1, 0.15) is 4.90 Å². The predicted octanol–water partition coefficient (Wildman–Crippen LogP) is 0.958. The van der Waals surface area contributed by atoms with E-state index in [9.17, 15) is 8.42 Å². The summed E-state index contributed by atoms with van der Waals surface area (Å²) in [5.41, 5.74) is 8.55. The monoisotopic (exact) mass is 278 g/mol. The van der Waals surface area contributed by atoms with E-state index >= 15 is 0 Å². The van der Waals surface area contributed by atoms with Gasteiger partial charge in [-0.3, -0.25) is 5.10 Å². The zero-order valence-corrected chi connectivity index (χ0v) is 10.9. The maximum atomic E-state index is 12.1. The number of anilines is 1. The van der Waals surface area contributed by atoms with Crippen molar-refractivity contribution in [2.24, 2.45) is 0 Å². The first-order valence-corrected chi connectivity index (χ1v) is 7.44. The van der Waals surface area contributed by atoms with Crippen LogP contribution in [-0.2, 0) is 16.4 Å². The van der Waals surface area contributed by atoms with Crippen LogP contribution in [0.25, 0.3) is 0 Å². The highest BCUT2D eigenvalue weighted by Gasteiger charge is 2.27. The molecule has 1 aliphatic carbocycles. The van der Waals surface area contributed by atoms with Crippen molar-refractivity contribution in [2.45, 2.75) is 23.8 Å². The van der Waals surface area contributed by atoms with Crippen molar-refractivity contribution >= 4 is 15.7 Å². The summed E-state index contributed by atoms with van der Waals surface area (Å²) >= 11 is 0. The standard InChI is InChI=1S/C12H14N4O2S/c13-9-2-3-11-8(5-9)1-4-12(11)16-19(17,18)10-6-14-15-7-10/h2-3,5-7,12,16H,1,4,13H2,(H,14,15).